The Morgan fingerprint density at radius 1 is 1.47 bits per heavy atom. The van der Waals surface area contributed by atoms with Crippen molar-refractivity contribution in [3.63, 3.8) is 0 Å². The summed E-state index contributed by atoms with van der Waals surface area (Å²) in [5.41, 5.74) is 0. The first-order chi connectivity index (χ1) is 7.27. The fourth-order valence-corrected chi connectivity index (χ4v) is 2.14. The van der Waals surface area contributed by atoms with Crippen molar-refractivity contribution < 1.29 is 4.79 Å². The highest BCUT2D eigenvalue weighted by Gasteiger charge is 2.22. The standard InChI is InChI=1S/C11H17N3O/c1-9-4-2-3-5-10(9)13-11(15)14-7-6-12-8-14/h6-10H,2-5H2,1H3,(H,13,15)/t9-,10-/m0/s1. The lowest BCUT2D eigenvalue weighted by molar-refractivity contribution is 0.223. The molecule has 1 aromatic rings. The van der Waals surface area contributed by atoms with Crippen LogP contribution in [0.15, 0.2) is 18.7 Å². The van der Waals surface area contributed by atoms with Crippen molar-refractivity contribution in [3.8, 4) is 0 Å². The van der Waals surface area contributed by atoms with Gasteiger partial charge in [-0.1, -0.05) is 19.8 Å². The molecule has 1 fully saturated rings. The van der Waals surface area contributed by atoms with E-state index in [1.54, 1.807) is 12.4 Å². The zero-order chi connectivity index (χ0) is 10.7. The van der Waals surface area contributed by atoms with Crippen molar-refractivity contribution in [2.24, 2.45) is 5.92 Å². The largest absolute Gasteiger partial charge is 0.334 e. The molecule has 1 N–H and O–H groups in total. The predicted molar refractivity (Wildman–Crippen MR) is 57.6 cm³/mol. The molecule has 82 valence electrons. The number of carbonyl (C=O) groups is 1. The average Bonchev–Trinajstić information content (AvgIpc) is 2.74. The molecule has 4 heteroatoms. The monoisotopic (exact) mass is 207 g/mol. The van der Waals surface area contributed by atoms with E-state index in [1.807, 2.05) is 0 Å². The number of nitrogens with one attached hydrogen (secondary N) is 1. The second kappa shape index (κ2) is 4.47. The van der Waals surface area contributed by atoms with Gasteiger partial charge in [0.05, 0.1) is 0 Å². The van der Waals surface area contributed by atoms with Gasteiger partial charge in [0.25, 0.3) is 0 Å². The van der Waals surface area contributed by atoms with Gasteiger partial charge in [-0.05, 0) is 18.8 Å². The Morgan fingerprint density at radius 3 is 2.93 bits per heavy atom. The van der Waals surface area contributed by atoms with E-state index in [2.05, 4.69) is 17.2 Å². The molecular weight excluding hydrogens is 190 g/mol. The van der Waals surface area contributed by atoms with Crippen LogP contribution < -0.4 is 5.32 Å². The Balaban J connectivity index is 1.93. The van der Waals surface area contributed by atoms with Gasteiger partial charge in [0.1, 0.15) is 6.33 Å². The van der Waals surface area contributed by atoms with E-state index < -0.39 is 0 Å². The molecule has 0 aromatic carbocycles. The van der Waals surface area contributed by atoms with Crippen LogP contribution >= 0.6 is 0 Å². The van der Waals surface area contributed by atoms with Crippen LogP contribution in [0.25, 0.3) is 0 Å². The number of carbonyl (C=O) groups excluding carboxylic acids is 1. The predicted octanol–water partition coefficient (Wildman–Crippen LogP) is 2.02. The molecule has 1 aliphatic rings. The third kappa shape index (κ3) is 2.37. The average molecular weight is 207 g/mol. The first kappa shape index (κ1) is 10.2. The Kier molecular flexibility index (Phi) is 3.04. The van der Waals surface area contributed by atoms with Gasteiger partial charge >= 0.3 is 6.03 Å². The summed E-state index contributed by atoms with van der Waals surface area (Å²) in [5, 5.41) is 3.06. The van der Waals surface area contributed by atoms with Gasteiger partial charge in [-0.25, -0.2) is 9.78 Å². The minimum Gasteiger partial charge on any atom is -0.334 e. The number of amides is 1. The Morgan fingerprint density at radius 2 is 2.27 bits per heavy atom. The Bertz CT molecular complexity index is 321. The number of hydrogen-bond acceptors (Lipinski definition) is 2. The van der Waals surface area contributed by atoms with Crippen molar-refractivity contribution in [1.29, 1.82) is 0 Å². The second-order valence-corrected chi connectivity index (χ2v) is 4.29. The minimum atomic E-state index is -0.0637. The highest BCUT2D eigenvalue weighted by atomic mass is 16.2. The van der Waals surface area contributed by atoms with Gasteiger partial charge in [0.2, 0.25) is 0 Å². The van der Waals surface area contributed by atoms with Gasteiger partial charge < -0.3 is 5.32 Å². The van der Waals surface area contributed by atoms with Crippen LogP contribution in [0, 0.1) is 5.92 Å². The summed E-state index contributed by atoms with van der Waals surface area (Å²) in [6.07, 6.45) is 9.64. The maximum absolute atomic E-state index is 11.7. The molecule has 4 nitrogen and oxygen atoms in total. The van der Waals surface area contributed by atoms with E-state index >= 15 is 0 Å². The van der Waals surface area contributed by atoms with E-state index in [-0.39, 0.29) is 6.03 Å². The van der Waals surface area contributed by atoms with E-state index in [4.69, 9.17) is 0 Å². The number of nitrogens with zero attached hydrogens (tertiary/aromatic N) is 2. The van der Waals surface area contributed by atoms with Crippen LogP contribution in [0.2, 0.25) is 0 Å². The fourth-order valence-electron chi connectivity index (χ4n) is 2.14. The quantitative estimate of drug-likeness (QED) is 0.765. The molecule has 1 aromatic heterocycles. The normalized spacial score (nSPS) is 26.2. The lowest BCUT2D eigenvalue weighted by atomic mass is 9.86. The molecule has 2 rings (SSSR count). The smallest absolute Gasteiger partial charge is 0.327 e. The fraction of sp³-hybridized carbons (Fsp3) is 0.636. The van der Waals surface area contributed by atoms with E-state index in [9.17, 15) is 4.79 Å². The van der Waals surface area contributed by atoms with Crippen molar-refractivity contribution in [2.75, 3.05) is 0 Å². The van der Waals surface area contributed by atoms with Gasteiger partial charge in [-0.3, -0.25) is 4.57 Å². The summed E-state index contributed by atoms with van der Waals surface area (Å²) in [5.74, 6) is 0.589. The zero-order valence-corrected chi connectivity index (χ0v) is 9.02. The molecule has 15 heavy (non-hydrogen) atoms. The summed E-state index contributed by atoms with van der Waals surface area (Å²) in [6, 6.07) is 0.264. The minimum absolute atomic E-state index is 0.0637. The van der Waals surface area contributed by atoms with Gasteiger partial charge in [-0.2, -0.15) is 0 Å². The van der Waals surface area contributed by atoms with Crippen LogP contribution in [0.1, 0.15) is 32.6 Å². The highest BCUT2D eigenvalue weighted by molar-refractivity contribution is 5.76. The third-order valence-corrected chi connectivity index (χ3v) is 3.16. The molecule has 1 aliphatic carbocycles. The number of hydrogen-bond donors (Lipinski definition) is 1. The van der Waals surface area contributed by atoms with Crippen molar-refractivity contribution in [1.82, 2.24) is 14.9 Å². The molecule has 0 bridgehead atoms. The maximum Gasteiger partial charge on any atom is 0.327 e. The molecule has 2 atom stereocenters. The summed E-state index contributed by atoms with van der Waals surface area (Å²) in [7, 11) is 0. The molecule has 0 saturated heterocycles. The van der Waals surface area contributed by atoms with Gasteiger partial charge in [-0.15, -0.1) is 0 Å². The lowest BCUT2D eigenvalue weighted by Gasteiger charge is -2.29. The van der Waals surface area contributed by atoms with Crippen LogP contribution in [-0.2, 0) is 0 Å². The van der Waals surface area contributed by atoms with Gasteiger partial charge in [0.15, 0.2) is 0 Å². The molecule has 0 spiro atoms. The van der Waals surface area contributed by atoms with E-state index in [0.717, 1.165) is 6.42 Å². The SMILES string of the molecule is C[C@H]1CCCC[C@@H]1NC(=O)n1ccnc1. The Hall–Kier alpha value is -1.32. The van der Waals surface area contributed by atoms with Gasteiger partial charge in [0, 0.05) is 18.4 Å². The second-order valence-electron chi connectivity index (χ2n) is 4.29. The highest BCUT2D eigenvalue weighted by Crippen LogP contribution is 2.23. The summed E-state index contributed by atoms with van der Waals surface area (Å²) >= 11 is 0. The van der Waals surface area contributed by atoms with E-state index in [1.165, 1.54) is 30.2 Å². The van der Waals surface area contributed by atoms with Crippen molar-refractivity contribution >= 4 is 6.03 Å². The first-order valence-electron chi connectivity index (χ1n) is 5.56. The lowest BCUT2D eigenvalue weighted by Crippen LogP contribution is -2.42. The maximum atomic E-state index is 11.7. The summed E-state index contributed by atoms with van der Waals surface area (Å²) < 4.78 is 1.49. The van der Waals surface area contributed by atoms with Crippen molar-refractivity contribution in [2.45, 2.75) is 38.6 Å². The van der Waals surface area contributed by atoms with Crippen LogP contribution in [0.4, 0.5) is 4.79 Å². The molecular formula is C11H17N3O. The molecule has 0 radical (unpaired) electrons. The molecule has 0 aliphatic heterocycles. The molecule has 1 heterocycles. The van der Waals surface area contributed by atoms with Crippen LogP contribution in [0.5, 0.6) is 0 Å². The first-order valence-corrected chi connectivity index (χ1v) is 5.56. The molecule has 0 unspecified atom stereocenters. The molecule has 1 saturated carbocycles. The molecule has 1 amide bonds. The van der Waals surface area contributed by atoms with Crippen LogP contribution in [0.3, 0.4) is 0 Å². The summed E-state index contributed by atoms with van der Waals surface area (Å²) in [4.78, 5) is 15.6. The number of aromatic nitrogens is 2. The number of rotatable bonds is 1. The Labute approximate surface area is 89.7 Å². The third-order valence-electron chi connectivity index (χ3n) is 3.16. The topological polar surface area (TPSA) is 46.9 Å². The number of imidazole rings is 1. The van der Waals surface area contributed by atoms with Crippen LogP contribution in [-0.4, -0.2) is 21.6 Å². The summed E-state index contributed by atoms with van der Waals surface area (Å²) in [6.45, 7) is 2.21. The zero-order valence-electron chi connectivity index (χ0n) is 9.02. The van der Waals surface area contributed by atoms with E-state index in [0.29, 0.717) is 12.0 Å². The van der Waals surface area contributed by atoms with Crippen molar-refractivity contribution in [3.05, 3.63) is 18.7 Å².